The van der Waals surface area contributed by atoms with Crippen LogP contribution in [0, 0.1) is 5.92 Å². The zero-order chi connectivity index (χ0) is 6.73. The molecule has 1 N–H and O–H groups in total. The summed E-state index contributed by atoms with van der Waals surface area (Å²) < 4.78 is 0.854. The van der Waals surface area contributed by atoms with E-state index in [2.05, 4.69) is 22.5 Å². The van der Waals surface area contributed by atoms with Crippen LogP contribution in [0.4, 0.5) is 0 Å². The Morgan fingerprint density at radius 1 is 1.62 bits per heavy atom. The first-order valence-electron chi connectivity index (χ1n) is 2.58. The van der Waals surface area contributed by atoms with Gasteiger partial charge < -0.3 is 5.11 Å². The smallest absolute Gasteiger partial charge is 0.0582 e. The van der Waals surface area contributed by atoms with Gasteiger partial charge >= 0.3 is 0 Å². The average molecular weight is 179 g/mol. The summed E-state index contributed by atoms with van der Waals surface area (Å²) in [6, 6.07) is 0. The van der Waals surface area contributed by atoms with Crippen molar-refractivity contribution in [2.24, 2.45) is 5.92 Å². The van der Waals surface area contributed by atoms with Gasteiger partial charge in [-0.25, -0.2) is 0 Å². The van der Waals surface area contributed by atoms with E-state index >= 15 is 0 Å². The molecule has 2 heteroatoms. The lowest BCUT2D eigenvalue weighted by molar-refractivity contribution is 0.156. The zero-order valence-corrected chi connectivity index (χ0v) is 6.77. The monoisotopic (exact) mass is 178 g/mol. The molecule has 0 bridgehead atoms. The van der Waals surface area contributed by atoms with E-state index in [1.807, 2.05) is 6.92 Å². The molecule has 0 aromatic carbocycles. The van der Waals surface area contributed by atoms with Crippen LogP contribution in [0.1, 0.15) is 13.8 Å². The summed E-state index contributed by atoms with van der Waals surface area (Å²) >= 11 is 3.19. The Morgan fingerprint density at radius 3 is 2.00 bits per heavy atom. The standard InChI is InChI=1S/C6H11BrO/c1-4(5(2)7)6(3)8/h4,6,8H,2H2,1,3H3/t4-,6-/m1/s1. The maximum absolute atomic E-state index is 8.90. The second-order valence-corrected chi connectivity index (χ2v) is 2.99. The Bertz CT molecular complexity index is 88.5. The van der Waals surface area contributed by atoms with Crippen LogP contribution >= 0.6 is 15.9 Å². The van der Waals surface area contributed by atoms with Gasteiger partial charge in [-0.3, -0.25) is 0 Å². The van der Waals surface area contributed by atoms with E-state index in [0.29, 0.717) is 0 Å². The molecule has 0 aromatic rings. The highest BCUT2D eigenvalue weighted by Gasteiger charge is 2.08. The molecular weight excluding hydrogens is 168 g/mol. The van der Waals surface area contributed by atoms with Crippen molar-refractivity contribution in [1.29, 1.82) is 0 Å². The molecule has 48 valence electrons. The van der Waals surface area contributed by atoms with Crippen LogP contribution in [0.5, 0.6) is 0 Å². The van der Waals surface area contributed by atoms with Gasteiger partial charge in [-0.05, 0) is 11.4 Å². The van der Waals surface area contributed by atoms with Crippen molar-refractivity contribution in [2.45, 2.75) is 20.0 Å². The number of rotatable bonds is 2. The van der Waals surface area contributed by atoms with Crippen LogP contribution in [-0.4, -0.2) is 11.2 Å². The van der Waals surface area contributed by atoms with Crippen LogP contribution in [0.3, 0.4) is 0 Å². The predicted octanol–water partition coefficient (Wildman–Crippen LogP) is 1.91. The first kappa shape index (κ1) is 8.18. The third-order valence-electron chi connectivity index (χ3n) is 1.22. The minimum Gasteiger partial charge on any atom is -0.393 e. The summed E-state index contributed by atoms with van der Waals surface area (Å²) in [7, 11) is 0. The van der Waals surface area contributed by atoms with Crippen LogP contribution in [0.2, 0.25) is 0 Å². The van der Waals surface area contributed by atoms with Gasteiger partial charge in [0.15, 0.2) is 0 Å². The summed E-state index contributed by atoms with van der Waals surface area (Å²) in [4.78, 5) is 0. The molecule has 0 heterocycles. The van der Waals surface area contributed by atoms with E-state index in [4.69, 9.17) is 5.11 Å². The van der Waals surface area contributed by atoms with E-state index in [-0.39, 0.29) is 12.0 Å². The lowest BCUT2D eigenvalue weighted by Gasteiger charge is -2.11. The summed E-state index contributed by atoms with van der Waals surface area (Å²) in [6.07, 6.45) is -0.304. The maximum Gasteiger partial charge on any atom is 0.0582 e. The Kier molecular flexibility index (Phi) is 3.33. The highest BCUT2D eigenvalue weighted by molar-refractivity contribution is 9.11. The molecule has 0 aliphatic heterocycles. The quantitative estimate of drug-likeness (QED) is 0.686. The van der Waals surface area contributed by atoms with Crippen LogP contribution in [0.25, 0.3) is 0 Å². The summed E-state index contributed by atoms with van der Waals surface area (Å²) in [5.41, 5.74) is 0. The highest BCUT2D eigenvalue weighted by Crippen LogP contribution is 2.17. The average Bonchev–Trinajstić information content (AvgIpc) is 1.64. The first-order chi connectivity index (χ1) is 3.55. The second kappa shape index (κ2) is 3.25. The van der Waals surface area contributed by atoms with Crippen molar-refractivity contribution in [3.05, 3.63) is 11.1 Å². The third-order valence-corrected chi connectivity index (χ3v) is 1.94. The molecule has 0 spiro atoms. The van der Waals surface area contributed by atoms with Gasteiger partial charge in [-0.15, -0.1) is 0 Å². The van der Waals surface area contributed by atoms with Gasteiger partial charge in [0.05, 0.1) is 6.10 Å². The fraction of sp³-hybridized carbons (Fsp3) is 0.667. The maximum atomic E-state index is 8.90. The van der Waals surface area contributed by atoms with Crippen LogP contribution < -0.4 is 0 Å². The Labute approximate surface area is 58.5 Å². The lowest BCUT2D eigenvalue weighted by Crippen LogP contribution is -2.11. The SMILES string of the molecule is C=C(Br)[C@@H](C)[C@@H](C)O. The molecule has 2 atom stereocenters. The lowest BCUT2D eigenvalue weighted by atomic mass is 10.1. The van der Waals surface area contributed by atoms with Gasteiger partial charge in [0.2, 0.25) is 0 Å². The number of hydrogen-bond acceptors (Lipinski definition) is 1. The number of aliphatic hydroxyl groups excluding tert-OH is 1. The van der Waals surface area contributed by atoms with Crippen molar-refractivity contribution in [2.75, 3.05) is 0 Å². The summed E-state index contributed by atoms with van der Waals surface area (Å²) in [5.74, 6) is 0.148. The molecule has 0 amide bonds. The van der Waals surface area contributed by atoms with E-state index in [1.165, 1.54) is 0 Å². The normalized spacial score (nSPS) is 17.5. The van der Waals surface area contributed by atoms with Crippen molar-refractivity contribution in [1.82, 2.24) is 0 Å². The van der Waals surface area contributed by atoms with Crippen molar-refractivity contribution in [3.8, 4) is 0 Å². The van der Waals surface area contributed by atoms with Gasteiger partial charge in [0, 0.05) is 5.92 Å². The molecule has 0 saturated heterocycles. The van der Waals surface area contributed by atoms with E-state index in [0.717, 1.165) is 4.48 Å². The molecule has 0 fully saturated rings. The largest absolute Gasteiger partial charge is 0.393 e. The minimum absolute atomic E-state index is 0.148. The van der Waals surface area contributed by atoms with Gasteiger partial charge in [0.1, 0.15) is 0 Å². The number of hydrogen-bond donors (Lipinski definition) is 1. The Hall–Kier alpha value is 0.180. The molecule has 0 unspecified atom stereocenters. The molecular formula is C6H11BrO. The molecule has 0 aromatic heterocycles. The molecule has 0 aliphatic carbocycles. The highest BCUT2D eigenvalue weighted by atomic mass is 79.9. The van der Waals surface area contributed by atoms with Crippen LogP contribution in [-0.2, 0) is 0 Å². The molecule has 0 saturated carbocycles. The molecule has 1 nitrogen and oxygen atoms in total. The van der Waals surface area contributed by atoms with E-state index < -0.39 is 0 Å². The summed E-state index contributed by atoms with van der Waals surface area (Å²) in [5, 5.41) is 8.90. The van der Waals surface area contributed by atoms with Crippen molar-refractivity contribution in [3.63, 3.8) is 0 Å². The van der Waals surface area contributed by atoms with Crippen molar-refractivity contribution < 1.29 is 5.11 Å². The van der Waals surface area contributed by atoms with Gasteiger partial charge in [0.25, 0.3) is 0 Å². The molecule has 0 aliphatic rings. The van der Waals surface area contributed by atoms with Gasteiger partial charge in [-0.2, -0.15) is 0 Å². The fourth-order valence-electron chi connectivity index (χ4n) is 0.262. The Morgan fingerprint density at radius 2 is 2.00 bits per heavy atom. The topological polar surface area (TPSA) is 20.2 Å². The molecule has 0 radical (unpaired) electrons. The van der Waals surface area contributed by atoms with E-state index in [1.54, 1.807) is 6.92 Å². The number of aliphatic hydroxyl groups is 1. The molecule has 0 rings (SSSR count). The van der Waals surface area contributed by atoms with E-state index in [9.17, 15) is 0 Å². The summed E-state index contributed by atoms with van der Waals surface area (Å²) in [6.45, 7) is 7.30. The number of halogens is 1. The predicted molar refractivity (Wildman–Crippen MR) is 38.9 cm³/mol. The van der Waals surface area contributed by atoms with Crippen molar-refractivity contribution >= 4 is 15.9 Å². The minimum atomic E-state index is -0.304. The fourth-order valence-corrected chi connectivity index (χ4v) is 0.644. The first-order valence-corrected chi connectivity index (χ1v) is 3.37. The Balaban J connectivity index is 3.64. The zero-order valence-electron chi connectivity index (χ0n) is 5.19. The second-order valence-electron chi connectivity index (χ2n) is 1.98. The molecule has 8 heavy (non-hydrogen) atoms. The van der Waals surface area contributed by atoms with Gasteiger partial charge in [-0.1, -0.05) is 29.4 Å². The third kappa shape index (κ3) is 2.48. The van der Waals surface area contributed by atoms with Crippen LogP contribution in [0.15, 0.2) is 11.1 Å².